The lowest BCUT2D eigenvalue weighted by atomic mass is 9.87. The van der Waals surface area contributed by atoms with Gasteiger partial charge in [-0.1, -0.05) is 45.0 Å². The summed E-state index contributed by atoms with van der Waals surface area (Å²) in [6, 6.07) is 11.4. The molecule has 0 spiro atoms. The summed E-state index contributed by atoms with van der Waals surface area (Å²) in [6.07, 6.45) is 3.04. The third-order valence-electron chi connectivity index (χ3n) is 3.91. The van der Waals surface area contributed by atoms with Crippen LogP contribution in [0.15, 0.2) is 53.4 Å². The molecule has 0 aliphatic rings. The Morgan fingerprint density at radius 3 is 2.15 bits per heavy atom. The van der Waals surface area contributed by atoms with Gasteiger partial charge < -0.3 is 8.92 Å². The minimum Gasteiger partial charge on any atom is -0.493 e. The number of benzene rings is 2. The molecule has 2 aromatic carbocycles. The van der Waals surface area contributed by atoms with Crippen molar-refractivity contribution in [3.8, 4) is 11.5 Å². The molecule has 0 aliphatic heterocycles. The summed E-state index contributed by atoms with van der Waals surface area (Å²) in [7, 11) is -2.58. The first-order chi connectivity index (χ1) is 12.5. The molecule has 0 bridgehead atoms. The van der Waals surface area contributed by atoms with Crippen LogP contribution in [0.5, 0.6) is 11.5 Å². The Morgan fingerprint density at radius 2 is 1.63 bits per heavy atom. The molecular formula is C21H24O5S. The summed E-state index contributed by atoms with van der Waals surface area (Å²) in [4.78, 5) is 11.1. The molecule has 0 saturated carbocycles. The molecule has 0 unspecified atom stereocenters. The number of carbonyl (C=O) groups is 1. The van der Waals surface area contributed by atoms with Gasteiger partial charge in [0.15, 0.2) is 17.3 Å². The Kier molecular flexibility index (Phi) is 6.11. The highest BCUT2D eigenvalue weighted by Gasteiger charge is 2.21. The summed E-state index contributed by atoms with van der Waals surface area (Å²) < 4.78 is 35.7. The molecule has 0 heterocycles. The van der Waals surface area contributed by atoms with Gasteiger partial charge in [0.05, 0.1) is 7.11 Å². The van der Waals surface area contributed by atoms with E-state index in [1.807, 2.05) is 0 Å². The average Bonchev–Trinajstić information content (AvgIpc) is 2.60. The van der Waals surface area contributed by atoms with Crippen LogP contribution in [0.2, 0.25) is 0 Å². The summed E-state index contributed by atoms with van der Waals surface area (Å²) in [5, 5.41) is 0. The van der Waals surface area contributed by atoms with E-state index >= 15 is 0 Å². The lowest BCUT2D eigenvalue weighted by Crippen LogP contribution is -2.13. The van der Waals surface area contributed by atoms with Gasteiger partial charge in [-0.15, -0.1) is 0 Å². The van der Waals surface area contributed by atoms with Crippen LogP contribution in [0.1, 0.15) is 38.8 Å². The highest BCUT2D eigenvalue weighted by molar-refractivity contribution is 7.87. The summed E-state index contributed by atoms with van der Waals surface area (Å²) in [6.45, 7) is 7.61. The number of hydrogen-bond donors (Lipinski definition) is 0. The van der Waals surface area contributed by atoms with Crippen LogP contribution in [-0.4, -0.2) is 21.3 Å². The van der Waals surface area contributed by atoms with Crippen LogP contribution in [0.4, 0.5) is 0 Å². The first-order valence-electron chi connectivity index (χ1n) is 8.44. The lowest BCUT2D eigenvalue weighted by Gasteiger charge is -2.19. The molecule has 0 aromatic heterocycles. The predicted molar refractivity (Wildman–Crippen MR) is 106 cm³/mol. The van der Waals surface area contributed by atoms with E-state index in [1.54, 1.807) is 30.3 Å². The molecule has 0 atom stereocenters. The Labute approximate surface area is 160 Å². The third-order valence-corrected chi connectivity index (χ3v) is 5.16. The number of ether oxygens (including phenoxy) is 1. The zero-order chi connectivity index (χ0) is 20.2. The van der Waals surface area contributed by atoms with Gasteiger partial charge in [-0.2, -0.15) is 8.42 Å². The monoisotopic (exact) mass is 388 g/mol. The van der Waals surface area contributed by atoms with E-state index < -0.39 is 10.1 Å². The Morgan fingerprint density at radius 1 is 1.00 bits per heavy atom. The Bertz CT molecular complexity index is 949. The van der Waals surface area contributed by atoms with Gasteiger partial charge in [-0.05, 0) is 53.8 Å². The van der Waals surface area contributed by atoms with Crippen molar-refractivity contribution in [1.29, 1.82) is 0 Å². The average molecular weight is 388 g/mol. The summed E-state index contributed by atoms with van der Waals surface area (Å²) >= 11 is 0. The SMILES string of the molecule is COc1cc(/C=C/C(C)=O)ccc1OS(=O)(=O)c1ccc(C(C)(C)C)cc1. The highest BCUT2D eigenvalue weighted by atomic mass is 32.2. The van der Waals surface area contributed by atoms with Gasteiger partial charge in [0, 0.05) is 0 Å². The maximum Gasteiger partial charge on any atom is 0.339 e. The second-order valence-electron chi connectivity index (χ2n) is 7.17. The smallest absolute Gasteiger partial charge is 0.339 e. The largest absolute Gasteiger partial charge is 0.493 e. The number of methoxy groups -OCH3 is 1. The molecule has 0 N–H and O–H groups in total. The minimum absolute atomic E-state index is 0.0677. The quantitative estimate of drug-likeness (QED) is 0.543. The fourth-order valence-corrected chi connectivity index (χ4v) is 3.30. The van der Waals surface area contributed by atoms with Gasteiger partial charge in [-0.3, -0.25) is 4.79 Å². The van der Waals surface area contributed by atoms with Gasteiger partial charge in [0.2, 0.25) is 0 Å². The molecule has 2 rings (SSSR count). The van der Waals surface area contributed by atoms with Gasteiger partial charge in [-0.25, -0.2) is 0 Å². The van der Waals surface area contributed by atoms with Crippen molar-refractivity contribution in [1.82, 2.24) is 0 Å². The second kappa shape index (κ2) is 7.96. The van der Waals surface area contributed by atoms with E-state index in [0.717, 1.165) is 5.56 Å². The second-order valence-corrected chi connectivity index (χ2v) is 8.71. The van der Waals surface area contributed by atoms with Crippen molar-refractivity contribution in [2.75, 3.05) is 7.11 Å². The molecular weight excluding hydrogens is 364 g/mol. The number of ketones is 1. The van der Waals surface area contributed by atoms with Gasteiger partial charge in [0.25, 0.3) is 0 Å². The summed E-state index contributed by atoms with van der Waals surface area (Å²) in [5.41, 5.74) is 1.65. The topological polar surface area (TPSA) is 69.7 Å². The third kappa shape index (κ3) is 5.44. The van der Waals surface area contributed by atoms with Crippen LogP contribution >= 0.6 is 0 Å². The fraction of sp³-hybridized carbons (Fsp3) is 0.286. The van der Waals surface area contributed by atoms with Crippen molar-refractivity contribution < 1.29 is 22.1 Å². The van der Waals surface area contributed by atoms with Crippen LogP contribution < -0.4 is 8.92 Å². The molecule has 144 valence electrons. The van der Waals surface area contributed by atoms with Crippen molar-refractivity contribution >= 4 is 22.0 Å². The lowest BCUT2D eigenvalue weighted by molar-refractivity contribution is -0.112. The Hall–Kier alpha value is -2.60. The van der Waals surface area contributed by atoms with E-state index in [1.165, 1.54) is 38.3 Å². The number of rotatable bonds is 6. The first kappa shape index (κ1) is 20.7. The molecule has 0 radical (unpaired) electrons. The van der Waals surface area contributed by atoms with E-state index in [9.17, 15) is 13.2 Å². The van der Waals surface area contributed by atoms with E-state index in [4.69, 9.17) is 8.92 Å². The van der Waals surface area contributed by atoms with Crippen LogP contribution in [0.25, 0.3) is 6.08 Å². The van der Waals surface area contributed by atoms with E-state index in [0.29, 0.717) is 5.56 Å². The fourth-order valence-electron chi connectivity index (χ4n) is 2.36. The molecule has 5 nitrogen and oxygen atoms in total. The molecule has 0 amide bonds. The molecule has 2 aromatic rings. The molecule has 0 fully saturated rings. The maximum absolute atomic E-state index is 12.6. The zero-order valence-corrected chi connectivity index (χ0v) is 17.0. The number of hydrogen-bond acceptors (Lipinski definition) is 5. The van der Waals surface area contributed by atoms with Crippen LogP contribution in [-0.2, 0) is 20.3 Å². The minimum atomic E-state index is -4.00. The van der Waals surface area contributed by atoms with E-state index in [2.05, 4.69) is 20.8 Å². The standard InChI is InChI=1S/C21H24O5S/c1-15(22)6-7-16-8-13-19(20(14-16)25-5)26-27(23,24)18-11-9-17(10-12-18)21(2,3)4/h6-14H,1-5H3/b7-6+. The highest BCUT2D eigenvalue weighted by Crippen LogP contribution is 2.32. The number of carbonyl (C=O) groups excluding carboxylic acids is 1. The van der Waals surface area contributed by atoms with E-state index in [-0.39, 0.29) is 27.6 Å². The first-order valence-corrected chi connectivity index (χ1v) is 9.85. The predicted octanol–water partition coefficient (Wildman–Crippen LogP) is 4.36. The molecule has 0 saturated heterocycles. The molecule has 27 heavy (non-hydrogen) atoms. The Balaban J connectivity index is 2.30. The van der Waals surface area contributed by atoms with Gasteiger partial charge in [0.1, 0.15) is 4.90 Å². The van der Waals surface area contributed by atoms with Crippen molar-refractivity contribution in [3.63, 3.8) is 0 Å². The van der Waals surface area contributed by atoms with Crippen molar-refractivity contribution in [2.45, 2.75) is 38.0 Å². The van der Waals surface area contributed by atoms with Crippen molar-refractivity contribution in [2.24, 2.45) is 0 Å². The van der Waals surface area contributed by atoms with Gasteiger partial charge >= 0.3 is 10.1 Å². The number of allylic oxidation sites excluding steroid dienone is 1. The summed E-state index contributed by atoms with van der Waals surface area (Å²) in [5.74, 6) is 0.253. The van der Waals surface area contributed by atoms with Crippen molar-refractivity contribution in [3.05, 3.63) is 59.7 Å². The maximum atomic E-state index is 12.6. The molecule has 0 aliphatic carbocycles. The normalized spacial score (nSPS) is 12.2. The van der Waals surface area contributed by atoms with Crippen LogP contribution in [0.3, 0.4) is 0 Å². The molecule has 6 heteroatoms. The zero-order valence-electron chi connectivity index (χ0n) is 16.1. The van der Waals surface area contributed by atoms with Crippen LogP contribution in [0, 0.1) is 0 Å².